The molecule has 2 fully saturated rings. The number of aromatic nitrogens is 1. The second kappa shape index (κ2) is 5.73. The van der Waals surface area contributed by atoms with E-state index >= 15 is 0 Å². The summed E-state index contributed by atoms with van der Waals surface area (Å²) in [7, 11) is 2.03. The van der Waals surface area contributed by atoms with Crippen LogP contribution in [0, 0.1) is 0 Å². The zero-order valence-electron chi connectivity index (χ0n) is 10.9. The van der Waals surface area contributed by atoms with Gasteiger partial charge in [-0.1, -0.05) is 6.92 Å². The number of thiazole rings is 1. The van der Waals surface area contributed by atoms with Crippen LogP contribution in [0.4, 0.5) is 0 Å². The van der Waals surface area contributed by atoms with E-state index in [0.717, 1.165) is 12.5 Å². The predicted octanol–water partition coefficient (Wildman–Crippen LogP) is 3.65. The highest BCUT2D eigenvalue weighted by Crippen LogP contribution is 2.48. The molecule has 0 radical (unpaired) electrons. The van der Waals surface area contributed by atoms with E-state index in [-0.39, 0.29) is 0 Å². The van der Waals surface area contributed by atoms with E-state index in [1.807, 2.05) is 18.4 Å². The van der Waals surface area contributed by atoms with Crippen molar-refractivity contribution in [3.8, 4) is 0 Å². The molecule has 1 aromatic rings. The quantitative estimate of drug-likeness (QED) is 0.917. The van der Waals surface area contributed by atoms with Crippen LogP contribution < -0.4 is 5.32 Å². The summed E-state index contributed by atoms with van der Waals surface area (Å²) in [6.45, 7) is 3.35. The normalized spacial score (nSPS) is 28.6. The van der Waals surface area contributed by atoms with E-state index in [9.17, 15) is 0 Å². The van der Waals surface area contributed by atoms with Crippen molar-refractivity contribution in [3.63, 3.8) is 0 Å². The Hall–Kier alpha value is 0.290. The van der Waals surface area contributed by atoms with Gasteiger partial charge in [-0.2, -0.15) is 11.8 Å². The van der Waals surface area contributed by atoms with Gasteiger partial charge in [0.1, 0.15) is 5.01 Å². The molecular weight excluding hydrogens is 280 g/mol. The number of hydrogen-bond acceptors (Lipinski definition) is 5. The van der Waals surface area contributed by atoms with Crippen LogP contribution in [0.3, 0.4) is 0 Å². The van der Waals surface area contributed by atoms with Crippen molar-refractivity contribution in [1.82, 2.24) is 10.3 Å². The molecule has 1 aliphatic heterocycles. The highest BCUT2D eigenvalue weighted by atomic mass is 32.2. The van der Waals surface area contributed by atoms with Crippen LogP contribution in [0.15, 0.2) is 0 Å². The van der Waals surface area contributed by atoms with Gasteiger partial charge in [0.15, 0.2) is 0 Å². The molecule has 2 nitrogen and oxygen atoms in total. The SMILES string of the molecule is CNCc1sc(C2SCCSC2C)nc1C1CC1. The fourth-order valence-corrected chi connectivity index (χ4v) is 6.69. The lowest BCUT2D eigenvalue weighted by molar-refractivity contribution is 0.809. The fourth-order valence-electron chi connectivity index (χ4n) is 2.37. The molecule has 2 atom stereocenters. The largest absolute Gasteiger partial charge is 0.315 e. The van der Waals surface area contributed by atoms with Crippen molar-refractivity contribution in [3.05, 3.63) is 15.6 Å². The number of nitrogens with zero attached hydrogens (tertiary/aromatic N) is 1. The van der Waals surface area contributed by atoms with E-state index in [1.54, 1.807) is 0 Å². The fraction of sp³-hybridized carbons (Fsp3) is 0.769. The summed E-state index contributed by atoms with van der Waals surface area (Å²) in [6, 6.07) is 0. The maximum Gasteiger partial charge on any atom is 0.107 e. The monoisotopic (exact) mass is 300 g/mol. The summed E-state index contributed by atoms with van der Waals surface area (Å²) in [5.74, 6) is 3.35. The first-order valence-electron chi connectivity index (χ1n) is 6.67. The van der Waals surface area contributed by atoms with Gasteiger partial charge in [-0.25, -0.2) is 4.98 Å². The molecule has 1 aromatic heterocycles. The molecule has 0 spiro atoms. The molecule has 1 saturated heterocycles. The Labute approximate surface area is 122 Å². The topological polar surface area (TPSA) is 24.9 Å². The summed E-state index contributed by atoms with van der Waals surface area (Å²) in [6.07, 6.45) is 2.70. The summed E-state index contributed by atoms with van der Waals surface area (Å²) in [4.78, 5) is 6.49. The zero-order valence-corrected chi connectivity index (χ0v) is 13.4. The molecule has 2 unspecified atom stereocenters. The number of thioether (sulfide) groups is 2. The Bertz CT molecular complexity index is 414. The minimum absolute atomic E-state index is 0.622. The van der Waals surface area contributed by atoms with Gasteiger partial charge in [0.05, 0.1) is 10.9 Å². The molecule has 1 N–H and O–H groups in total. The Kier molecular flexibility index (Phi) is 4.23. The Morgan fingerprint density at radius 3 is 2.72 bits per heavy atom. The van der Waals surface area contributed by atoms with E-state index < -0.39 is 0 Å². The second-order valence-electron chi connectivity index (χ2n) is 5.03. The third-order valence-electron chi connectivity index (χ3n) is 3.48. The van der Waals surface area contributed by atoms with Gasteiger partial charge in [0.25, 0.3) is 0 Å². The summed E-state index contributed by atoms with van der Waals surface area (Å²) >= 11 is 6.16. The number of hydrogen-bond donors (Lipinski definition) is 1. The van der Waals surface area contributed by atoms with E-state index in [2.05, 4.69) is 35.8 Å². The predicted molar refractivity (Wildman–Crippen MR) is 84.0 cm³/mol. The van der Waals surface area contributed by atoms with Crippen LogP contribution in [-0.2, 0) is 6.54 Å². The third-order valence-corrected chi connectivity index (χ3v) is 7.88. The van der Waals surface area contributed by atoms with E-state index in [0.29, 0.717) is 10.5 Å². The Balaban J connectivity index is 1.84. The molecule has 18 heavy (non-hydrogen) atoms. The van der Waals surface area contributed by atoms with Crippen molar-refractivity contribution in [2.24, 2.45) is 0 Å². The maximum atomic E-state index is 5.01. The van der Waals surface area contributed by atoms with Gasteiger partial charge in [-0.05, 0) is 19.9 Å². The van der Waals surface area contributed by atoms with Crippen LogP contribution in [0.2, 0.25) is 0 Å². The number of rotatable bonds is 4. The third kappa shape index (κ3) is 2.74. The maximum absolute atomic E-state index is 5.01. The average molecular weight is 301 g/mol. The Morgan fingerprint density at radius 1 is 1.28 bits per heavy atom. The first-order valence-corrected chi connectivity index (χ1v) is 9.58. The molecule has 0 aromatic carbocycles. The van der Waals surface area contributed by atoms with Gasteiger partial charge in [-0.3, -0.25) is 0 Å². The molecular formula is C13H20N2S3. The van der Waals surface area contributed by atoms with Crippen molar-refractivity contribution in [2.45, 2.75) is 42.7 Å². The molecule has 1 saturated carbocycles. The van der Waals surface area contributed by atoms with Crippen LogP contribution in [-0.4, -0.2) is 28.8 Å². The summed E-state index contributed by atoms with van der Waals surface area (Å²) in [5.41, 5.74) is 1.41. The molecule has 5 heteroatoms. The molecule has 0 bridgehead atoms. The average Bonchev–Trinajstić information content (AvgIpc) is 3.13. The van der Waals surface area contributed by atoms with Crippen molar-refractivity contribution in [1.29, 1.82) is 0 Å². The van der Waals surface area contributed by atoms with E-state index in [1.165, 1.54) is 39.9 Å². The van der Waals surface area contributed by atoms with Gasteiger partial charge in [0.2, 0.25) is 0 Å². The minimum Gasteiger partial charge on any atom is -0.315 e. The molecule has 2 aliphatic rings. The smallest absolute Gasteiger partial charge is 0.107 e. The molecule has 1 aliphatic carbocycles. The van der Waals surface area contributed by atoms with Crippen molar-refractivity contribution in [2.75, 3.05) is 18.6 Å². The molecule has 3 rings (SSSR count). The van der Waals surface area contributed by atoms with Crippen molar-refractivity contribution >= 4 is 34.9 Å². The Morgan fingerprint density at radius 2 is 2.06 bits per heavy atom. The summed E-state index contributed by atoms with van der Waals surface area (Å²) in [5, 5.41) is 6.01. The van der Waals surface area contributed by atoms with Gasteiger partial charge in [0, 0.05) is 34.1 Å². The van der Waals surface area contributed by atoms with E-state index in [4.69, 9.17) is 4.98 Å². The van der Waals surface area contributed by atoms with Gasteiger partial charge >= 0.3 is 0 Å². The van der Waals surface area contributed by atoms with Crippen LogP contribution in [0.5, 0.6) is 0 Å². The molecule has 2 heterocycles. The van der Waals surface area contributed by atoms with Gasteiger partial charge < -0.3 is 5.32 Å². The number of nitrogens with one attached hydrogen (secondary N) is 1. The summed E-state index contributed by atoms with van der Waals surface area (Å²) < 4.78 is 0. The standard InChI is InChI=1S/C13H20N2S3/c1-8-12(17-6-5-16-8)13-15-11(9-3-4-9)10(18-13)7-14-2/h8-9,12,14H,3-7H2,1-2H3. The lowest BCUT2D eigenvalue weighted by atomic mass is 10.2. The molecule has 100 valence electrons. The molecule has 0 amide bonds. The first kappa shape index (κ1) is 13.3. The minimum atomic E-state index is 0.622. The zero-order chi connectivity index (χ0) is 12.5. The second-order valence-corrected chi connectivity index (χ2v) is 8.88. The highest BCUT2D eigenvalue weighted by molar-refractivity contribution is 8.06. The lowest BCUT2D eigenvalue weighted by Gasteiger charge is -2.25. The van der Waals surface area contributed by atoms with Crippen LogP contribution in [0.1, 0.15) is 46.5 Å². The van der Waals surface area contributed by atoms with Crippen LogP contribution >= 0.6 is 34.9 Å². The van der Waals surface area contributed by atoms with Gasteiger partial charge in [-0.15, -0.1) is 23.1 Å². The first-order chi connectivity index (χ1) is 8.79. The van der Waals surface area contributed by atoms with Crippen LogP contribution in [0.25, 0.3) is 0 Å². The lowest BCUT2D eigenvalue weighted by Crippen LogP contribution is -2.15. The highest BCUT2D eigenvalue weighted by Gasteiger charge is 2.33. The van der Waals surface area contributed by atoms with Crippen molar-refractivity contribution < 1.29 is 0 Å².